The minimum Gasteiger partial charge on any atom is -0.308 e. The second-order valence-corrected chi connectivity index (χ2v) is 5.02. The largest absolute Gasteiger partial charge is 0.416 e. The molecule has 0 saturated heterocycles. The molecular formula is C16H17F3N2. The van der Waals surface area contributed by atoms with Crippen molar-refractivity contribution in [3.63, 3.8) is 0 Å². The Kier molecular flexibility index (Phi) is 4.32. The zero-order valence-corrected chi connectivity index (χ0v) is 12.1. The molecule has 0 fully saturated rings. The Balaban J connectivity index is 2.57. The van der Waals surface area contributed by atoms with Crippen LogP contribution in [-0.2, 0) is 6.18 Å². The van der Waals surface area contributed by atoms with Gasteiger partial charge in [0.2, 0.25) is 0 Å². The van der Waals surface area contributed by atoms with E-state index >= 15 is 0 Å². The second kappa shape index (κ2) is 5.85. The fraction of sp³-hybridized carbons (Fsp3) is 0.312. The molecule has 2 nitrogen and oxygen atoms in total. The Morgan fingerprint density at radius 2 is 1.81 bits per heavy atom. The molecule has 21 heavy (non-hydrogen) atoms. The Hall–Kier alpha value is -1.88. The molecule has 2 aromatic rings. The average Bonchev–Trinajstić information content (AvgIpc) is 2.41. The van der Waals surface area contributed by atoms with Crippen LogP contribution in [0.15, 0.2) is 36.5 Å². The Bertz CT molecular complexity index is 636. The first-order valence-electron chi connectivity index (χ1n) is 6.61. The molecule has 0 radical (unpaired) electrons. The molecule has 112 valence electrons. The maximum absolute atomic E-state index is 13.2. The molecule has 0 aliphatic rings. The lowest BCUT2D eigenvalue weighted by Gasteiger charge is -2.22. The number of pyridine rings is 1. The fourth-order valence-corrected chi connectivity index (χ4v) is 2.47. The Labute approximate surface area is 122 Å². The SMILES string of the molecule is CNC(c1ccccc1C(F)(F)F)c1ncc(C)cc1C. The summed E-state index contributed by atoms with van der Waals surface area (Å²) in [6.07, 6.45) is -2.72. The molecule has 1 N–H and O–H groups in total. The van der Waals surface area contributed by atoms with Crippen molar-refractivity contribution >= 4 is 0 Å². The van der Waals surface area contributed by atoms with Gasteiger partial charge in [-0.3, -0.25) is 4.98 Å². The first-order valence-corrected chi connectivity index (χ1v) is 6.61. The molecule has 2 rings (SSSR count). The highest BCUT2D eigenvalue weighted by molar-refractivity contribution is 5.39. The molecule has 1 heterocycles. The third kappa shape index (κ3) is 3.24. The van der Waals surface area contributed by atoms with Gasteiger partial charge in [-0.05, 0) is 43.7 Å². The number of halogens is 3. The third-order valence-electron chi connectivity index (χ3n) is 3.39. The van der Waals surface area contributed by atoms with Crippen molar-refractivity contribution in [3.05, 3.63) is 64.5 Å². The van der Waals surface area contributed by atoms with Gasteiger partial charge < -0.3 is 5.32 Å². The van der Waals surface area contributed by atoms with Crippen molar-refractivity contribution in [2.75, 3.05) is 7.05 Å². The van der Waals surface area contributed by atoms with Crippen LogP contribution in [-0.4, -0.2) is 12.0 Å². The molecule has 1 atom stereocenters. The van der Waals surface area contributed by atoms with Crippen LogP contribution in [0.5, 0.6) is 0 Å². The number of aryl methyl sites for hydroxylation is 2. The number of nitrogens with zero attached hydrogens (tertiary/aromatic N) is 1. The van der Waals surface area contributed by atoms with Crippen molar-refractivity contribution in [2.24, 2.45) is 0 Å². The number of nitrogens with one attached hydrogen (secondary N) is 1. The molecule has 0 bridgehead atoms. The zero-order valence-electron chi connectivity index (χ0n) is 12.1. The zero-order chi connectivity index (χ0) is 15.6. The van der Waals surface area contributed by atoms with Crippen molar-refractivity contribution in [1.82, 2.24) is 10.3 Å². The normalized spacial score (nSPS) is 13.2. The van der Waals surface area contributed by atoms with E-state index in [0.29, 0.717) is 5.69 Å². The molecule has 1 unspecified atom stereocenters. The molecule has 1 aromatic heterocycles. The predicted molar refractivity (Wildman–Crippen MR) is 76.1 cm³/mol. The van der Waals surface area contributed by atoms with Crippen molar-refractivity contribution in [2.45, 2.75) is 26.1 Å². The summed E-state index contributed by atoms with van der Waals surface area (Å²) < 4.78 is 39.5. The maximum atomic E-state index is 13.2. The molecule has 0 amide bonds. The van der Waals surface area contributed by atoms with Gasteiger partial charge in [0.15, 0.2) is 0 Å². The van der Waals surface area contributed by atoms with Crippen LogP contribution in [0.1, 0.15) is 34.0 Å². The van der Waals surface area contributed by atoms with Gasteiger partial charge in [0.1, 0.15) is 0 Å². The van der Waals surface area contributed by atoms with E-state index in [1.807, 2.05) is 19.9 Å². The summed E-state index contributed by atoms with van der Waals surface area (Å²) in [7, 11) is 1.64. The first kappa shape index (κ1) is 15.5. The minimum atomic E-state index is -4.38. The standard InChI is InChI=1S/C16H17F3N2/c1-10-8-11(2)14(21-9-10)15(20-3)12-6-4-5-7-13(12)16(17,18)19/h4-9,15,20H,1-3H3. The van der Waals surface area contributed by atoms with E-state index in [0.717, 1.165) is 17.2 Å². The van der Waals surface area contributed by atoms with E-state index in [2.05, 4.69) is 10.3 Å². The van der Waals surface area contributed by atoms with Gasteiger partial charge in [-0.1, -0.05) is 24.3 Å². The minimum absolute atomic E-state index is 0.187. The highest BCUT2D eigenvalue weighted by Crippen LogP contribution is 2.36. The fourth-order valence-electron chi connectivity index (χ4n) is 2.47. The molecule has 0 aliphatic carbocycles. The Morgan fingerprint density at radius 3 is 2.38 bits per heavy atom. The van der Waals surface area contributed by atoms with E-state index < -0.39 is 17.8 Å². The smallest absolute Gasteiger partial charge is 0.308 e. The number of rotatable bonds is 3. The highest BCUT2D eigenvalue weighted by Gasteiger charge is 2.35. The van der Waals surface area contributed by atoms with Crippen molar-refractivity contribution in [3.8, 4) is 0 Å². The highest BCUT2D eigenvalue weighted by atomic mass is 19.4. The molecule has 5 heteroatoms. The van der Waals surface area contributed by atoms with Crippen LogP contribution in [0.2, 0.25) is 0 Å². The van der Waals surface area contributed by atoms with E-state index in [4.69, 9.17) is 0 Å². The van der Waals surface area contributed by atoms with Gasteiger partial charge in [0, 0.05) is 6.20 Å². The van der Waals surface area contributed by atoms with Crippen molar-refractivity contribution < 1.29 is 13.2 Å². The van der Waals surface area contributed by atoms with Gasteiger partial charge in [-0.2, -0.15) is 13.2 Å². The van der Waals surface area contributed by atoms with Gasteiger partial charge in [-0.25, -0.2) is 0 Å². The maximum Gasteiger partial charge on any atom is 0.416 e. The van der Waals surface area contributed by atoms with E-state index in [1.165, 1.54) is 12.1 Å². The van der Waals surface area contributed by atoms with E-state index in [1.54, 1.807) is 19.3 Å². The summed E-state index contributed by atoms with van der Waals surface area (Å²) in [6, 6.07) is 6.92. The summed E-state index contributed by atoms with van der Waals surface area (Å²) >= 11 is 0. The molecule has 0 aliphatic heterocycles. The summed E-state index contributed by atoms with van der Waals surface area (Å²) in [6.45, 7) is 3.76. The second-order valence-electron chi connectivity index (χ2n) is 5.02. The van der Waals surface area contributed by atoms with Crippen molar-refractivity contribution in [1.29, 1.82) is 0 Å². The summed E-state index contributed by atoms with van der Waals surface area (Å²) in [4.78, 5) is 4.32. The topological polar surface area (TPSA) is 24.9 Å². The van der Waals surface area contributed by atoms with Crippen LogP contribution in [0.4, 0.5) is 13.2 Å². The van der Waals surface area contributed by atoms with Crippen LogP contribution >= 0.6 is 0 Å². The summed E-state index contributed by atoms with van der Waals surface area (Å²) in [5, 5.41) is 2.94. The summed E-state index contributed by atoms with van der Waals surface area (Å²) in [5.74, 6) is 0. The summed E-state index contributed by atoms with van der Waals surface area (Å²) in [5.41, 5.74) is 2.01. The van der Waals surface area contributed by atoms with Crippen LogP contribution < -0.4 is 5.32 Å². The predicted octanol–water partition coefficient (Wildman–Crippen LogP) is 4.03. The number of benzene rings is 1. The van der Waals surface area contributed by atoms with Gasteiger partial charge in [0.05, 0.1) is 17.3 Å². The van der Waals surface area contributed by atoms with E-state index in [9.17, 15) is 13.2 Å². The quantitative estimate of drug-likeness (QED) is 0.924. The molecular weight excluding hydrogens is 277 g/mol. The molecule has 1 aromatic carbocycles. The van der Waals surface area contributed by atoms with Crippen LogP contribution in [0.3, 0.4) is 0 Å². The van der Waals surface area contributed by atoms with Crippen LogP contribution in [0.25, 0.3) is 0 Å². The van der Waals surface area contributed by atoms with Crippen LogP contribution in [0, 0.1) is 13.8 Å². The number of hydrogen-bond donors (Lipinski definition) is 1. The van der Waals surface area contributed by atoms with Gasteiger partial charge in [-0.15, -0.1) is 0 Å². The lowest BCUT2D eigenvalue weighted by atomic mass is 9.95. The monoisotopic (exact) mass is 294 g/mol. The molecule has 0 saturated carbocycles. The number of aromatic nitrogens is 1. The molecule has 0 spiro atoms. The lowest BCUT2D eigenvalue weighted by molar-refractivity contribution is -0.138. The Morgan fingerprint density at radius 1 is 1.14 bits per heavy atom. The first-order chi connectivity index (χ1) is 9.84. The number of hydrogen-bond acceptors (Lipinski definition) is 2. The lowest BCUT2D eigenvalue weighted by Crippen LogP contribution is -2.23. The average molecular weight is 294 g/mol. The van der Waals surface area contributed by atoms with Gasteiger partial charge in [0.25, 0.3) is 0 Å². The third-order valence-corrected chi connectivity index (χ3v) is 3.39. The van der Waals surface area contributed by atoms with E-state index in [-0.39, 0.29) is 5.56 Å². The van der Waals surface area contributed by atoms with Gasteiger partial charge >= 0.3 is 6.18 Å². The number of alkyl halides is 3.